The van der Waals surface area contributed by atoms with E-state index in [2.05, 4.69) is 6.58 Å². The summed E-state index contributed by atoms with van der Waals surface area (Å²) < 4.78 is 5.72. The molecule has 3 aliphatic rings. The fourth-order valence-corrected chi connectivity index (χ4v) is 4.54. The van der Waals surface area contributed by atoms with Crippen LogP contribution in [0.2, 0.25) is 0 Å². The van der Waals surface area contributed by atoms with Crippen LogP contribution in [-0.4, -0.2) is 28.9 Å². The number of hydrogen-bond donors (Lipinski definition) is 0. The average Bonchev–Trinajstić information content (AvgIpc) is 2.82. The van der Waals surface area contributed by atoms with Gasteiger partial charge in [-0.15, -0.1) is 0 Å². The maximum atomic E-state index is 12.0. The van der Waals surface area contributed by atoms with Gasteiger partial charge < -0.3 is 9.64 Å². The Morgan fingerprint density at radius 3 is 2.94 bits per heavy atom. The molecule has 0 N–H and O–H groups in total. The standard InChI is InChI=1S/C13H17NO2S/c1-7(2)10-12(15)14-8(3)11(17-13(10)14)9-5-4-6-16-9/h9-10,13H,1,4-6H2,2-3H3/t9-,10+,13-/m1/s1. The summed E-state index contributed by atoms with van der Waals surface area (Å²) in [5, 5.41) is 0.249. The first-order chi connectivity index (χ1) is 8.11. The van der Waals surface area contributed by atoms with Crippen LogP contribution in [0.4, 0.5) is 0 Å². The first-order valence-corrected chi connectivity index (χ1v) is 6.96. The first kappa shape index (κ1) is 11.4. The van der Waals surface area contributed by atoms with Crippen LogP contribution < -0.4 is 0 Å². The fourth-order valence-electron chi connectivity index (χ4n) is 2.82. The van der Waals surface area contributed by atoms with Crippen molar-refractivity contribution in [3.05, 3.63) is 22.8 Å². The highest BCUT2D eigenvalue weighted by molar-refractivity contribution is 8.04. The van der Waals surface area contributed by atoms with Crippen LogP contribution in [0.15, 0.2) is 22.8 Å². The second-order valence-corrected chi connectivity index (χ2v) is 6.15. The molecule has 0 aromatic carbocycles. The molecule has 0 unspecified atom stereocenters. The van der Waals surface area contributed by atoms with Gasteiger partial charge in [0.15, 0.2) is 0 Å². The lowest BCUT2D eigenvalue weighted by molar-refractivity contribution is -0.143. The van der Waals surface area contributed by atoms with Crippen molar-refractivity contribution in [2.45, 2.75) is 38.2 Å². The van der Waals surface area contributed by atoms with Crippen molar-refractivity contribution in [3.8, 4) is 0 Å². The van der Waals surface area contributed by atoms with Crippen LogP contribution in [0.5, 0.6) is 0 Å². The fraction of sp³-hybridized carbons (Fsp3) is 0.615. The molecule has 0 aromatic heterocycles. The van der Waals surface area contributed by atoms with Gasteiger partial charge in [0.25, 0.3) is 0 Å². The molecule has 1 amide bonds. The molecule has 3 rings (SSSR count). The van der Waals surface area contributed by atoms with Crippen LogP contribution in [0.3, 0.4) is 0 Å². The van der Waals surface area contributed by atoms with Crippen LogP contribution in [-0.2, 0) is 9.53 Å². The summed E-state index contributed by atoms with van der Waals surface area (Å²) in [7, 11) is 0. The van der Waals surface area contributed by atoms with Gasteiger partial charge in [0, 0.05) is 17.2 Å². The molecule has 0 radical (unpaired) electrons. The number of allylic oxidation sites excluding steroid dienone is 1. The van der Waals surface area contributed by atoms with Crippen molar-refractivity contribution >= 4 is 17.7 Å². The lowest BCUT2D eigenvalue weighted by Gasteiger charge is -2.43. The number of hydrogen-bond acceptors (Lipinski definition) is 3. The van der Waals surface area contributed by atoms with Crippen molar-refractivity contribution in [3.63, 3.8) is 0 Å². The molecule has 0 spiro atoms. The van der Waals surface area contributed by atoms with E-state index in [1.807, 2.05) is 18.7 Å². The second-order valence-electron chi connectivity index (χ2n) is 4.99. The molecule has 17 heavy (non-hydrogen) atoms. The third-order valence-corrected chi connectivity index (χ3v) is 5.30. The molecular formula is C13H17NO2S. The van der Waals surface area contributed by atoms with Gasteiger partial charge in [0.2, 0.25) is 5.91 Å². The van der Waals surface area contributed by atoms with Crippen molar-refractivity contribution in [2.75, 3.05) is 6.61 Å². The first-order valence-electron chi connectivity index (χ1n) is 6.08. The van der Waals surface area contributed by atoms with Gasteiger partial charge in [-0.3, -0.25) is 4.79 Å². The molecule has 3 heterocycles. The van der Waals surface area contributed by atoms with E-state index in [-0.39, 0.29) is 23.3 Å². The Morgan fingerprint density at radius 2 is 2.35 bits per heavy atom. The number of carbonyl (C=O) groups is 1. The SMILES string of the molecule is C=C(C)[C@H]1C(=O)N2C(C)=C([C@H]3CCCO3)S[C@H]12. The lowest BCUT2D eigenvalue weighted by Crippen LogP contribution is -2.56. The van der Waals surface area contributed by atoms with E-state index >= 15 is 0 Å². The molecular weight excluding hydrogens is 234 g/mol. The molecule has 3 atom stereocenters. The molecule has 3 nitrogen and oxygen atoms in total. The van der Waals surface area contributed by atoms with E-state index in [1.54, 1.807) is 11.8 Å². The van der Waals surface area contributed by atoms with Gasteiger partial charge in [0.1, 0.15) is 5.37 Å². The van der Waals surface area contributed by atoms with E-state index in [4.69, 9.17) is 4.74 Å². The zero-order chi connectivity index (χ0) is 12.2. The molecule has 0 aliphatic carbocycles. The van der Waals surface area contributed by atoms with Gasteiger partial charge >= 0.3 is 0 Å². The molecule has 3 aliphatic heterocycles. The molecule has 92 valence electrons. The predicted octanol–water partition coefficient (Wildman–Crippen LogP) is 2.50. The zero-order valence-corrected chi connectivity index (χ0v) is 11.0. The van der Waals surface area contributed by atoms with E-state index in [9.17, 15) is 4.79 Å². The number of rotatable bonds is 2. The highest BCUT2D eigenvalue weighted by Crippen LogP contribution is 2.53. The molecule has 4 heteroatoms. The quantitative estimate of drug-likeness (QED) is 0.558. The molecule has 2 fully saturated rings. The Morgan fingerprint density at radius 1 is 1.59 bits per heavy atom. The number of ether oxygens (including phenoxy) is 1. The summed E-state index contributed by atoms with van der Waals surface area (Å²) >= 11 is 1.80. The normalized spacial score (nSPS) is 36.2. The number of amides is 1. The van der Waals surface area contributed by atoms with Crippen LogP contribution in [0.1, 0.15) is 26.7 Å². The van der Waals surface area contributed by atoms with Crippen LogP contribution in [0, 0.1) is 5.92 Å². The molecule has 2 saturated heterocycles. The minimum Gasteiger partial charge on any atom is -0.373 e. The van der Waals surface area contributed by atoms with Crippen molar-refractivity contribution in [2.24, 2.45) is 5.92 Å². The Labute approximate surface area is 106 Å². The Kier molecular flexibility index (Phi) is 2.60. The summed E-state index contributed by atoms with van der Waals surface area (Å²) in [6.45, 7) is 8.76. The van der Waals surface area contributed by atoms with Gasteiger partial charge in [-0.2, -0.15) is 0 Å². The van der Waals surface area contributed by atoms with Crippen molar-refractivity contribution in [1.29, 1.82) is 0 Å². The van der Waals surface area contributed by atoms with Crippen molar-refractivity contribution in [1.82, 2.24) is 4.90 Å². The monoisotopic (exact) mass is 251 g/mol. The highest BCUT2D eigenvalue weighted by atomic mass is 32.2. The van der Waals surface area contributed by atoms with Crippen LogP contribution >= 0.6 is 11.8 Å². The summed E-state index contributed by atoms with van der Waals surface area (Å²) in [5.41, 5.74) is 2.08. The van der Waals surface area contributed by atoms with Gasteiger partial charge in [0.05, 0.1) is 12.0 Å². The summed E-state index contributed by atoms with van der Waals surface area (Å²) in [4.78, 5) is 15.2. The largest absolute Gasteiger partial charge is 0.373 e. The number of β-lactam (4-membered cyclic amide) rings is 1. The minimum atomic E-state index is 0.00820. The second kappa shape index (κ2) is 3.89. The average molecular weight is 251 g/mol. The summed E-state index contributed by atoms with van der Waals surface area (Å²) in [6, 6.07) is 0. The number of carbonyl (C=O) groups excluding carboxylic acids is 1. The third kappa shape index (κ3) is 1.50. The number of thioether (sulfide) groups is 1. The van der Waals surface area contributed by atoms with E-state index < -0.39 is 0 Å². The van der Waals surface area contributed by atoms with Gasteiger partial charge in [-0.25, -0.2) is 0 Å². The Hall–Kier alpha value is -0.740. The predicted molar refractivity (Wildman–Crippen MR) is 68.2 cm³/mol. The van der Waals surface area contributed by atoms with Crippen molar-refractivity contribution < 1.29 is 9.53 Å². The lowest BCUT2D eigenvalue weighted by atomic mass is 9.91. The van der Waals surface area contributed by atoms with E-state index in [0.29, 0.717) is 0 Å². The Balaban J connectivity index is 1.83. The van der Waals surface area contributed by atoms with Gasteiger partial charge in [-0.05, 0) is 26.7 Å². The zero-order valence-electron chi connectivity index (χ0n) is 10.2. The van der Waals surface area contributed by atoms with Gasteiger partial charge in [-0.1, -0.05) is 23.9 Å². The van der Waals surface area contributed by atoms with E-state index in [0.717, 1.165) is 30.7 Å². The number of nitrogens with zero attached hydrogens (tertiary/aromatic N) is 1. The summed E-state index contributed by atoms with van der Waals surface area (Å²) in [5.74, 6) is 0.217. The topological polar surface area (TPSA) is 29.5 Å². The molecule has 0 aromatic rings. The van der Waals surface area contributed by atoms with Crippen LogP contribution in [0.25, 0.3) is 0 Å². The number of fused-ring (bicyclic) bond motifs is 1. The minimum absolute atomic E-state index is 0.00820. The summed E-state index contributed by atoms with van der Waals surface area (Å²) in [6.07, 6.45) is 2.45. The maximum Gasteiger partial charge on any atom is 0.237 e. The maximum absolute atomic E-state index is 12.0. The highest BCUT2D eigenvalue weighted by Gasteiger charge is 2.54. The molecule has 0 bridgehead atoms. The Bertz CT molecular complexity index is 423. The third-order valence-electron chi connectivity index (χ3n) is 3.76. The molecule has 0 saturated carbocycles. The smallest absolute Gasteiger partial charge is 0.237 e. The van der Waals surface area contributed by atoms with E-state index in [1.165, 1.54) is 4.91 Å².